The molecule has 2 aliphatic heterocycles. The molecule has 0 aliphatic carbocycles. The monoisotopic (exact) mass is 468 g/mol. The van der Waals surface area contributed by atoms with Gasteiger partial charge in [-0.25, -0.2) is 28.4 Å². The van der Waals surface area contributed by atoms with Gasteiger partial charge in [-0.15, -0.1) is 0 Å². The van der Waals surface area contributed by atoms with Crippen LogP contribution in [0.1, 0.15) is 23.6 Å². The van der Waals surface area contributed by atoms with Crippen LogP contribution in [0.15, 0.2) is 12.3 Å². The van der Waals surface area contributed by atoms with Gasteiger partial charge in [-0.1, -0.05) is 0 Å². The second kappa shape index (κ2) is 7.45. The first-order valence-electron chi connectivity index (χ1n) is 10.4. The number of rotatable bonds is 4. The van der Waals surface area contributed by atoms with Gasteiger partial charge in [0.1, 0.15) is 12.4 Å². The molecule has 0 unspecified atom stereocenters. The van der Waals surface area contributed by atoms with Crippen LogP contribution in [-0.2, 0) is 12.7 Å². The average molecular weight is 468 g/mol. The Morgan fingerprint density at radius 1 is 1.06 bits per heavy atom. The molecule has 0 atom stereocenters. The third-order valence-electron chi connectivity index (χ3n) is 6.16. The Kier molecular flexibility index (Phi) is 4.90. The van der Waals surface area contributed by atoms with E-state index in [-0.39, 0.29) is 16.9 Å². The van der Waals surface area contributed by atoms with Crippen molar-refractivity contribution in [1.29, 1.82) is 0 Å². The summed E-state index contributed by atoms with van der Waals surface area (Å²) in [5.41, 5.74) is 1.10. The molecule has 13 heteroatoms. The van der Waals surface area contributed by atoms with E-state index in [1.54, 1.807) is 19.2 Å². The SMILES string of the molecule is Cc1cc(N2CC3(CCN(c4ncc5c(C)nn(CC(F)F)c5n4)C3)C2)nc(C(F)(F)F)n1. The normalized spacial score (nSPS) is 18.1. The van der Waals surface area contributed by atoms with Gasteiger partial charge in [-0.05, 0) is 20.3 Å². The molecule has 1 spiro atoms. The Morgan fingerprint density at radius 2 is 1.79 bits per heavy atom. The lowest BCUT2D eigenvalue weighted by molar-refractivity contribution is -0.145. The highest BCUT2D eigenvalue weighted by molar-refractivity contribution is 5.78. The van der Waals surface area contributed by atoms with Crippen molar-refractivity contribution < 1.29 is 22.0 Å². The van der Waals surface area contributed by atoms with Crippen molar-refractivity contribution in [2.24, 2.45) is 5.41 Å². The summed E-state index contributed by atoms with van der Waals surface area (Å²) in [6.45, 7) is 5.09. The van der Waals surface area contributed by atoms with Gasteiger partial charge < -0.3 is 9.80 Å². The summed E-state index contributed by atoms with van der Waals surface area (Å²) in [5.74, 6) is -0.433. The number of aryl methyl sites for hydroxylation is 2. The second-order valence-corrected chi connectivity index (χ2v) is 8.78. The van der Waals surface area contributed by atoms with E-state index < -0.39 is 25.0 Å². The van der Waals surface area contributed by atoms with Crippen LogP contribution < -0.4 is 9.80 Å². The minimum atomic E-state index is -4.60. The average Bonchev–Trinajstić information content (AvgIpc) is 3.28. The summed E-state index contributed by atoms with van der Waals surface area (Å²) in [5, 5.41) is 4.77. The maximum Gasteiger partial charge on any atom is 0.451 e. The summed E-state index contributed by atoms with van der Waals surface area (Å²) in [6, 6.07) is 1.55. The molecule has 8 nitrogen and oxygen atoms in total. The summed E-state index contributed by atoms with van der Waals surface area (Å²) in [7, 11) is 0. The first-order chi connectivity index (χ1) is 15.5. The van der Waals surface area contributed by atoms with Crippen molar-refractivity contribution in [3.63, 3.8) is 0 Å². The Hall–Kier alpha value is -3.12. The third-order valence-corrected chi connectivity index (χ3v) is 6.16. The van der Waals surface area contributed by atoms with E-state index >= 15 is 0 Å². The standard InChI is InChI=1S/C20H21F5N8/c1-11-5-15(28-17(27-11)20(23,24)25)32-9-19(10-32)3-4-31(8-19)18-26-6-13-12(2)30-33(7-14(21)22)16(13)29-18/h5-6,14H,3-4,7-10H2,1-2H3. The Bertz CT molecular complexity index is 1200. The molecule has 3 aromatic heterocycles. The number of alkyl halides is 5. The van der Waals surface area contributed by atoms with Crippen LogP contribution >= 0.6 is 0 Å². The van der Waals surface area contributed by atoms with E-state index in [0.29, 0.717) is 48.9 Å². The van der Waals surface area contributed by atoms with E-state index in [4.69, 9.17) is 0 Å². The number of hydrogen-bond acceptors (Lipinski definition) is 7. The molecule has 176 valence electrons. The number of hydrogen-bond donors (Lipinski definition) is 0. The minimum absolute atomic E-state index is 0.116. The Labute approximate surface area is 185 Å². The van der Waals surface area contributed by atoms with Crippen molar-refractivity contribution in [2.45, 2.75) is 39.4 Å². The third kappa shape index (κ3) is 3.93. The fraction of sp³-hybridized carbons (Fsp3) is 0.550. The Morgan fingerprint density at radius 3 is 2.48 bits per heavy atom. The highest BCUT2D eigenvalue weighted by Gasteiger charge is 2.49. The number of halogens is 5. The lowest BCUT2D eigenvalue weighted by Crippen LogP contribution is -2.58. The van der Waals surface area contributed by atoms with Crippen LogP contribution in [-0.4, -0.2) is 62.3 Å². The van der Waals surface area contributed by atoms with Crippen molar-refractivity contribution >= 4 is 22.8 Å². The molecule has 0 bridgehead atoms. The van der Waals surface area contributed by atoms with Gasteiger partial charge in [0.05, 0.1) is 11.1 Å². The number of nitrogens with zero attached hydrogens (tertiary/aromatic N) is 8. The van der Waals surface area contributed by atoms with E-state index in [1.807, 2.05) is 9.80 Å². The van der Waals surface area contributed by atoms with Gasteiger partial charge in [0, 0.05) is 49.6 Å². The van der Waals surface area contributed by atoms with Crippen LogP contribution in [0.2, 0.25) is 0 Å². The number of aromatic nitrogens is 6. The lowest BCUT2D eigenvalue weighted by atomic mass is 9.79. The zero-order valence-electron chi connectivity index (χ0n) is 17.9. The van der Waals surface area contributed by atoms with Crippen LogP contribution in [0.5, 0.6) is 0 Å². The maximum absolute atomic E-state index is 13.1. The van der Waals surface area contributed by atoms with Gasteiger partial charge in [-0.2, -0.15) is 23.3 Å². The highest BCUT2D eigenvalue weighted by Crippen LogP contribution is 2.42. The zero-order chi connectivity index (χ0) is 23.5. The molecule has 0 amide bonds. The smallest absolute Gasteiger partial charge is 0.355 e. The van der Waals surface area contributed by atoms with Gasteiger partial charge in [0.25, 0.3) is 6.43 Å². The van der Waals surface area contributed by atoms with Crippen LogP contribution in [0, 0.1) is 19.3 Å². The van der Waals surface area contributed by atoms with E-state index in [1.165, 1.54) is 11.6 Å². The summed E-state index contributed by atoms with van der Waals surface area (Å²) < 4.78 is 66.2. The predicted octanol–water partition coefficient (Wildman–Crippen LogP) is 3.23. The van der Waals surface area contributed by atoms with Crippen molar-refractivity contribution in [1.82, 2.24) is 29.7 Å². The molecule has 0 saturated carbocycles. The molecule has 2 aliphatic rings. The van der Waals surface area contributed by atoms with Crippen molar-refractivity contribution in [2.75, 3.05) is 36.0 Å². The molecular formula is C20H21F5N8. The Balaban J connectivity index is 1.32. The molecule has 2 fully saturated rings. The van der Waals surface area contributed by atoms with Crippen molar-refractivity contribution in [3.8, 4) is 0 Å². The minimum Gasteiger partial charge on any atom is -0.355 e. The fourth-order valence-electron chi connectivity index (χ4n) is 4.64. The van der Waals surface area contributed by atoms with Gasteiger partial charge in [0.15, 0.2) is 5.65 Å². The molecule has 5 heterocycles. The molecule has 0 N–H and O–H groups in total. The molecule has 0 aromatic carbocycles. The zero-order valence-corrected chi connectivity index (χ0v) is 17.9. The quantitative estimate of drug-likeness (QED) is 0.545. The summed E-state index contributed by atoms with van der Waals surface area (Å²) in [4.78, 5) is 19.9. The van der Waals surface area contributed by atoms with Gasteiger partial charge >= 0.3 is 6.18 Å². The summed E-state index contributed by atoms with van der Waals surface area (Å²) in [6.07, 6.45) is -4.73. The first kappa shape index (κ1) is 21.7. The topological polar surface area (TPSA) is 75.9 Å². The van der Waals surface area contributed by atoms with Crippen LogP contribution in [0.4, 0.5) is 33.7 Å². The van der Waals surface area contributed by atoms with E-state index in [2.05, 4.69) is 25.0 Å². The second-order valence-electron chi connectivity index (χ2n) is 8.78. The first-order valence-corrected chi connectivity index (χ1v) is 10.4. The molecule has 5 rings (SSSR count). The maximum atomic E-state index is 13.1. The summed E-state index contributed by atoms with van der Waals surface area (Å²) >= 11 is 0. The fourth-order valence-corrected chi connectivity index (χ4v) is 4.64. The van der Waals surface area contributed by atoms with Gasteiger partial charge in [-0.3, -0.25) is 0 Å². The molecule has 0 radical (unpaired) electrons. The van der Waals surface area contributed by atoms with Crippen LogP contribution in [0.25, 0.3) is 11.0 Å². The number of anilines is 2. The lowest BCUT2D eigenvalue weighted by Gasteiger charge is -2.48. The van der Waals surface area contributed by atoms with E-state index in [9.17, 15) is 22.0 Å². The van der Waals surface area contributed by atoms with Gasteiger partial charge in [0.2, 0.25) is 11.8 Å². The number of fused-ring (bicyclic) bond motifs is 1. The molecule has 33 heavy (non-hydrogen) atoms. The molecular weight excluding hydrogens is 447 g/mol. The molecule has 3 aromatic rings. The van der Waals surface area contributed by atoms with E-state index in [0.717, 1.165) is 6.42 Å². The largest absolute Gasteiger partial charge is 0.451 e. The van der Waals surface area contributed by atoms with Crippen molar-refractivity contribution in [3.05, 3.63) is 29.5 Å². The molecule has 2 saturated heterocycles. The predicted molar refractivity (Wildman–Crippen MR) is 109 cm³/mol. The highest BCUT2D eigenvalue weighted by atomic mass is 19.4. The van der Waals surface area contributed by atoms with Crippen LogP contribution in [0.3, 0.4) is 0 Å².